The largest absolute Gasteiger partial charge is 0.506 e. The van der Waals surface area contributed by atoms with Gasteiger partial charge in [0.05, 0.1) is 23.4 Å². The van der Waals surface area contributed by atoms with Gasteiger partial charge in [0.1, 0.15) is 11.5 Å². The minimum absolute atomic E-state index is 0.0680. The van der Waals surface area contributed by atoms with Crippen LogP contribution in [0.1, 0.15) is 0 Å². The third-order valence-electron chi connectivity index (χ3n) is 2.79. The highest BCUT2D eigenvalue weighted by atomic mass is 16.6. The number of carbonyl (C=O) groups excluding carboxylic acids is 2. The molecule has 2 rings (SSSR count). The summed E-state index contributed by atoms with van der Waals surface area (Å²) in [6.45, 7) is 0. The average Bonchev–Trinajstić information content (AvgIpc) is 2.56. The maximum Gasteiger partial charge on any atom is 0.323 e. The van der Waals surface area contributed by atoms with E-state index < -0.39 is 17.0 Å². The maximum absolute atomic E-state index is 11.9. The van der Waals surface area contributed by atoms with Crippen molar-refractivity contribution in [2.24, 2.45) is 11.5 Å². The zero-order valence-electron chi connectivity index (χ0n) is 13.6. The molecule has 0 bridgehead atoms. The molecule has 26 heavy (non-hydrogen) atoms. The van der Waals surface area contributed by atoms with Gasteiger partial charge in [-0.05, 0) is 18.2 Å². The number of amides is 4. The van der Waals surface area contributed by atoms with Gasteiger partial charge in [0.2, 0.25) is 0 Å². The van der Waals surface area contributed by atoms with Crippen LogP contribution in [0.25, 0.3) is 0 Å². The standard InChI is InChI=1S/C14H13N3O5.CH4N2O/c1-22-13-5-3-2-4-10(13)15-14(19)16-11-8-9(17(20)21)6-7-12(11)18;2-1(3)4/h2-8,18H,1H3,(H2,15,16,19);(H4,2,3,4). The summed E-state index contributed by atoms with van der Waals surface area (Å²) < 4.78 is 5.09. The summed E-state index contributed by atoms with van der Waals surface area (Å²) in [6.07, 6.45) is 0. The smallest absolute Gasteiger partial charge is 0.323 e. The SMILES string of the molecule is COc1ccccc1NC(=O)Nc1cc([N+](=O)[O-])ccc1O.NC(N)=O. The molecule has 0 saturated carbocycles. The van der Waals surface area contributed by atoms with Crippen molar-refractivity contribution in [3.63, 3.8) is 0 Å². The molecule has 7 N–H and O–H groups in total. The van der Waals surface area contributed by atoms with Crippen molar-refractivity contribution >= 4 is 29.1 Å². The first-order valence-electron chi connectivity index (χ1n) is 6.98. The molecule has 11 nitrogen and oxygen atoms in total. The Hall–Kier alpha value is -4.02. The number of nitrogens with two attached hydrogens (primary N) is 2. The molecule has 0 fully saturated rings. The highest BCUT2D eigenvalue weighted by molar-refractivity contribution is 6.01. The minimum atomic E-state index is -0.833. The molecule has 2 aromatic rings. The molecular weight excluding hydrogens is 346 g/mol. The summed E-state index contributed by atoms with van der Waals surface area (Å²) >= 11 is 0. The normalized spacial score (nSPS) is 9.27. The molecule has 0 aliphatic heterocycles. The number of anilines is 2. The van der Waals surface area contributed by atoms with Crippen LogP contribution < -0.4 is 26.8 Å². The Morgan fingerprint density at radius 2 is 1.69 bits per heavy atom. The quantitative estimate of drug-likeness (QED) is 0.314. The van der Waals surface area contributed by atoms with Crippen LogP contribution in [0.2, 0.25) is 0 Å². The number of primary amides is 2. The van der Waals surface area contributed by atoms with Crippen LogP contribution in [-0.2, 0) is 0 Å². The number of phenolic OH excluding ortho intramolecular Hbond substituents is 1. The minimum Gasteiger partial charge on any atom is -0.506 e. The number of benzene rings is 2. The van der Waals surface area contributed by atoms with E-state index in [0.717, 1.165) is 18.2 Å². The number of hydrogen-bond acceptors (Lipinski definition) is 6. The van der Waals surface area contributed by atoms with Gasteiger partial charge in [-0.25, -0.2) is 9.59 Å². The first-order chi connectivity index (χ1) is 12.2. The van der Waals surface area contributed by atoms with Gasteiger partial charge in [0.25, 0.3) is 5.69 Å². The molecule has 0 aromatic heterocycles. The first-order valence-corrected chi connectivity index (χ1v) is 6.98. The molecule has 2 aromatic carbocycles. The molecule has 0 aliphatic rings. The number of methoxy groups -OCH3 is 1. The number of non-ortho nitro benzene ring substituents is 1. The van der Waals surface area contributed by atoms with Gasteiger partial charge >= 0.3 is 12.1 Å². The summed E-state index contributed by atoms with van der Waals surface area (Å²) in [5.41, 5.74) is 8.61. The number of para-hydroxylation sites is 2. The fraction of sp³-hybridized carbons (Fsp3) is 0.0667. The number of ether oxygens (including phenoxy) is 1. The fourth-order valence-corrected chi connectivity index (χ4v) is 1.76. The Morgan fingerprint density at radius 3 is 2.27 bits per heavy atom. The highest BCUT2D eigenvalue weighted by Gasteiger charge is 2.13. The van der Waals surface area contributed by atoms with Crippen molar-refractivity contribution in [1.82, 2.24) is 0 Å². The molecule has 0 aliphatic carbocycles. The molecular formula is C15H17N5O6. The molecule has 0 unspecified atom stereocenters. The van der Waals surface area contributed by atoms with Crippen LogP contribution >= 0.6 is 0 Å². The Balaban J connectivity index is 0.000000765. The number of nitro groups is 1. The predicted molar refractivity (Wildman–Crippen MR) is 94.2 cm³/mol. The molecule has 0 atom stereocenters. The number of phenols is 1. The number of nitro benzene ring substituents is 1. The van der Waals surface area contributed by atoms with Gasteiger partial charge < -0.3 is 31.9 Å². The number of nitrogens with one attached hydrogen (secondary N) is 2. The van der Waals surface area contributed by atoms with Gasteiger partial charge in [0.15, 0.2) is 0 Å². The van der Waals surface area contributed by atoms with Crippen LogP contribution in [-0.4, -0.2) is 29.2 Å². The summed E-state index contributed by atoms with van der Waals surface area (Å²) in [4.78, 5) is 31.0. The fourth-order valence-electron chi connectivity index (χ4n) is 1.76. The van der Waals surface area contributed by atoms with Crippen molar-refractivity contribution in [2.45, 2.75) is 0 Å². The third-order valence-corrected chi connectivity index (χ3v) is 2.79. The molecule has 4 amide bonds. The Kier molecular flexibility index (Phi) is 7.18. The molecule has 138 valence electrons. The number of urea groups is 2. The van der Waals surface area contributed by atoms with Crippen molar-refractivity contribution in [2.75, 3.05) is 17.7 Å². The van der Waals surface area contributed by atoms with Gasteiger partial charge in [-0.1, -0.05) is 12.1 Å². The van der Waals surface area contributed by atoms with Crippen molar-refractivity contribution in [3.8, 4) is 11.5 Å². The molecule has 11 heteroatoms. The van der Waals surface area contributed by atoms with E-state index in [1.54, 1.807) is 24.3 Å². The topological polar surface area (TPSA) is 183 Å². The second-order valence-corrected chi connectivity index (χ2v) is 4.64. The summed E-state index contributed by atoms with van der Waals surface area (Å²) in [5, 5.41) is 25.2. The third kappa shape index (κ3) is 6.23. The van der Waals surface area contributed by atoms with Crippen LogP contribution in [0, 0.1) is 10.1 Å². The summed E-state index contributed by atoms with van der Waals surface area (Å²) in [6, 6.07) is 8.59. The van der Waals surface area contributed by atoms with Crippen molar-refractivity contribution in [3.05, 3.63) is 52.6 Å². The zero-order chi connectivity index (χ0) is 19.7. The zero-order valence-corrected chi connectivity index (χ0v) is 13.6. The highest BCUT2D eigenvalue weighted by Crippen LogP contribution is 2.28. The second-order valence-electron chi connectivity index (χ2n) is 4.64. The van der Waals surface area contributed by atoms with E-state index in [4.69, 9.17) is 9.53 Å². The summed E-state index contributed by atoms with van der Waals surface area (Å²) in [7, 11) is 1.46. The Morgan fingerprint density at radius 1 is 1.12 bits per heavy atom. The van der Waals surface area contributed by atoms with Crippen LogP contribution in [0.3, 0.4) is 0 Å². The number of aromatic hydroxyl groups is 1. The average molecular weight is 363 g/mol. The Labute approximate surface area is 147 Å². The number of nitrogens with zero attached hydrogens (tertiary/aromatic N) is 1. The summed E-state index contributed by atoms with van der Waals surface area (Å²) in [5.74, 6) is 0.182. The van der Waals surface area contributed by atoms with E-state index in [0.29, 0.717) is 11.4 Å². The van der Waals surface area contributed by atoms with E-state index >= 15 is 0 Å². The number of rotatable bonds is 4. The lowest BCUT2D eigenvalue weighted by Crippen LogP contribution is -2.19. The van der Waals surface area contributed by atoms with Crippen LogP contribution in [0.15, 0.2) is 42.5 Å². The maximum atomic E-state index is 11.9. The van der Waals surface area contributed by atoms with Crippen LogP contribution in [0.5, 0.6) is 11.5 Å². The van der Waals surface area contributed by atoms with Gasteiger partial charge in [-0.3, -0.25) is 10.1 Å². The van der Waals surface area contributed by atoms with Crippen molar-refractivity contribution < 1.29 is 24.4 Å². The lowest BCUT2D eigenvalue weighted by Gasteiger charge is -2.11. The monoisotopic (exact) mass is 363 g/mol. The second kappa shape index (κ2) is 9.32. The van der Waals surface area contributed by atoms with E-state index in [2.05, 4.69) is 22.1 Å². The Bertz CT molecular complexity index is 807. The number of hydrogen-bond donors (Lipinski definition) is 5. The number of carbonyl (C=O) groups is 2. The molecule has 0 radical (unpaired) electrons. The van der Waals surface area contributed by atoms with Gasteiger partial charge in [-0.15, -0.1) is 0 Å². The van der Waals surface area contributed by atoms with E-state index in [1.807, 2.05) is 0 Å². The van der Waals surface area contributed by atoms with Crippen molar-refractivity contribution in [1.29, 1.82) is 0 Å². The molecule has 0 saturated heterocycles. The van der Waals surface area contributed by atoms with E-state index in [9.17, 15) is 20.0 Å². The predicted octanol–water partition coefficient (Wildman–Crippen LogP) is 1.98. The van der Waals surface area contributed by atoms with E-state index in [-0.39, 0.29) is 17.1 Å². The van der Waals surface area contributed by atoms with Crippen LogP contribution in [0.4, 0.5) is 26.7 Å². The van der Waals surface area contributed by atoms with E-state index in [1.165, 1.54) is 7.11 Å². The van der Waals surface area contributed by atoms with Gasteiger partial charge in [-0.2, -0.15) is 0 Å². The molecule has 0 spiro atoms. The first kappa shape index (κ1) is 20.0. The lowest BCUT2D eigenvalue weighted by molar-refractivity contribution is -0.384. The molecule has 0 heterocycles. The lowest BCUT2D eigenvalue weighted by atomic mass is 10.2. The van der Waals surface area contributed by atoms with Gasteiger partial charge in [0, 0.05) is 12.1 Å².